The summed E-state index contributed by atoms with van der Waals surface area (Å²) < 4.78 is 6.60. The number of benzene rings is 1. The third-order valence-electron chi connectivity index (χ3n) is 3.47. The van der Waals surface area contributed by atoms with Crippen molar-refractivity contribution in [1.82, 2.24) is 10.6 Å². The second-order valence-electron chi connectivity index (χ2n) is 5.12. The van der Waals surface area contributed by atoms with Crippen LogP contribution in [-0.4, -0.2) is 25.6 Å². The van der Waals surface area contributed by atoms with Crippen molar-refractivity contribution >= 4 is 21.8 Å². The molecule has 20 heavy (non-hydrogen) atoms. The van der Waals surface area contributed by atoms with Gasteiger partial charge in [-0.05, 0) is 43.7 Å². The van der Waals surface area contributed by atoms with Gasteiger partial charge in [0.05, 0.1) is 0 Å². The molecule has 1 saturated carbocycles. The molecule has 0 spiro atoms. The lowest BCUT2D eigenvalue weighted by atomic mass is 10.2. The maximum absolute atomic E-state index is 11.8. The topological polar surface area (TPSA) is 50.4 Å². The summed E-state index contributed by atoms with van der Waals surface area (Å²) in [5, 5.41) is 6.12. The van der Waals surface area contributed by atoms with Crippen LogP contribution < -0.4 is 15.4 Å². The number of nitrogens with one attached hydrogen (secondary N) is 2. The average molecular weight is 341 g/mol. The molecule has 0 aliphatic heterocycles. The molecule has 0 heterocycles. The summed E-state index contributed by atoms with van der Waals surface area (Å²) in [7, 11) is 1.90. The Morgan fingerprint density at radius 2 is 2.15 bits per heavy atom. The molecule has 0 saturated heterocycles. The lowest BCUT2D eigenvalue weighted by molar-refractivity contribution is -0.123. The average Bonchev–Trinajstić information content (AvgIpc) is 2.93. The highest BCUT2D eigenvalue weighted by Crippen LogP contribution is 2.22. The first-order chi connectivity index (χ1) is 9.69. The van der Waals surface area contributed by atoms with Gasteiger partial charge in [-0.1, -0.05) is 28.8 Å². The van der Waals surface area contributed by atoms with Crippen LogP contribution in [0.3, 0.4) is 0 Å². The van der Waals surface area contributed by atoms with Gasteiger partial charge in [-0.25, -0.2) is 0 Å². The molecule has 0 atom stereocenters. The smallest absolute Gasteiger partial charge is 0.258 e. The number of carbonyl (C=O) groups excluding carboxylic acids is 1. The number of amides is 1. The fourth-order valence-corrected chi connectivity index (χ4v) is 2.84. The van der Waals surface area contributed by atoms with E-state index in [0.717, 1.165) is 35.2 Å². The SMILES string of the molecule is CNCc1cc(OCC(=O)NC2CCCC2)ccc1Br. The van der Waals surface area contributed by atoms with Crippen molar-refractivity contribution in [3.8, 4) is 5.75 Å². The molecule has 1 amide bonds. The number of hydrogen-bond donors (Lipinski definition) is 2. The monoisotopic (exact) mass is 340 g/mol. The normalized spacial score (nSPS) is 15.3. The van der Waals surface area contributed by atoms with E-state index in [2.05, 4.69) is 26.6 Å². The predicted octanol–water partition coefficient (Wildman–Crippen LogP) is 2.61. The predicted molar refractivity (Wildman–Crippen MR) is 82.8 cm³/mol. The molecule has 4 nitrogen and oxygen atoms in total. The Balaban J connectivity index is 1.83. The van der Waals surface area contributed by atoms with Crippen molar-refractivity contribution in [2.75, 3.05) is 13.7 Å². The van der Waals surface area contributed by atoms with Gasteiger partial charge in [-0.3, -0.25) is 4.79 Å². The van der Waals surface area contributed by atoms with Gasteiger partial charge in [0, 0.05) is 17.1 Å². The van der Waals surface area contributed by atoms with Crippen LogP contribution in [0.4, 0.5) is 0 Å². The highest BCUT2D eigenvalue weighted by molar-refractivity contribution is 9.10. The first-order valence-corrected chi connectivity index (χ1v) is 7.83. The summed E-state index contributed by atoms with van der Waals surface area (Å²) in [5.41, 5.74) is 1.11. The summed E-state index contributed by atoms with van der Waals surface area (Å²) in [6.07, 6.45) is 4.62. The minimum Gasteiger partial charge on any atom is -0.484 e. The summed E-state index contributed by atoms with van der Waals surface area (Å²) >= 11 is 3.49. The van der Waals surface area contributed by atoms with Crippen molar-refractivity contribution in [3.63, 3.8) is 0 Å². The van der Waals surface area contributed by atoms with Gasteiger partial charge in [0.1, 0.15) is 5.75 Å². The molecule has 1 aliphatic rings. The van der Waals surface area contributed by atoms with Crippen molar-refractivity contribution in [2.45, 2.75) is 38.3 Å². The zero-order valence-electron chi connectivity index (χ0n) is 11.7. The molecule has 1 fully saturated rings. The molecular formula is C15H21BrN2O2. The summed E-state index contributed by atoms with van der Waals surface area (Å²) in [6.45, 7) is 0.836. The van der Waals surface area contributed by atoms with E-state index in [1.54, 1.807) is 0 Å². The lowest BCUT2D eigenvalue weighted by Crippen LogP contribution is -2.36. The molecule has 5 heteroatoms. The van der Waals surface area contributed by atoms with E-state index >= 15 is 0 Å². The minimum absolute atomic E-state index is 0.0324. The Kier molecular flexibility index (Phi) is 5.86. The van der Waals surface area contributed by atoms with E-state index in [-0.39, 0.29) is 12.5 Å². The van der Waals surface area contributed by atoms with Crippen LogP contribution in [0.2, 0.25) is 0 Å². The van der Waals surface area contributed by atoms with E-state index in [0.29, 0.717) is 6.04 Å². The molecule has 2 rings (SSSR count). The lowest BCUT2D eigenvalue weighted by Gasteiger charge is -2.13. The Labute approximate surface area is 128 Å². The molecule has 0 unspecified atom stereocenters. The van der Waals surface area contributed by atoms with E-state index in [4.69, 9.17) is 4.74 Å². The summed E-state index contributed by atoms with van der Waals surface area (Å²) in [6, 6.07) is 6.10. The van der Waals surface area contributed by atoms with Gasteiger partial charge in [0.2, 0.25) is 0 Å². The fraction of sp³-hybridized carbons (Fsp3) is 0.533. The third-order valence-corrected chi connectivity index (χ3v) is 4.25. The largest absolute Gasteiger partial charge is 0.484 e. The highest BCUT2D eigenvalue weighted by Gasteiger charge is 2.17. The van der Waals surface area contributed by atoms with Gasteiger partial charge in [-0.2, -0.15) is 0 Å². The van der Waals surface area contributed by atoms with Crippen LogP contribution >= 0.6 is 15.9 Å². The Hall–Kier alpha value is -1.07. The molecule has 1 aliphatic carbocycles. The third kappa shape index (κ3) is 4.49. The van der Waals surface area contributed by atoms with Crippen molar-refractivity contribution < 1.29 is 9.53 Å². The van der Waals surface area contributed by atoms with Gasteiger partial charge in [0.25, 0.3) is 5.91 Å². The van der Waals surface area contributed by atoms with Gasteiger partial charge in [0.15, 0.2) is 6.61 Å². The van der Waals surface area contributed by atoms with E-state index in [1.807, 2.05) is 25.2 Å². The van der Waals surface area contributed by atoms with Crippen LogP contribution in [0.25, 0.3) is 0 Å². The quantitative estimate of drug-likeness (QED) is 0.836. The Morgan fingerprint density at radius 3 is 2.85 bits per heavy atom. The van der Waals surface area contributed by atoms with Gasteiger partial charge >= 0.3 is 0 Å². The molecule has 0 radical (unpaired) electrons. The molecule has 110 valence electrons. The van der Waals surface area contributed by atoms with E-state index < -0.39 is 0 Å². The van der Waals surface area contributed by atoms with E-state index in [9.17, 15) is 4.79 Å². The summed E-state index contributed by atoms with van der Waals surface area (Å²) in [4.78, 5) is 11.8. The van der Waals surface area contributed by atoms with Gasteiger partial charge in [-0.15, -0.1) is 0 Å². The van der Waals surface area contributed by atoms with Crippen molar-refractivity contribution in [3.05, 3.63) is 28.2 Å². The second kappa shape index (κ2) is 7.64. The molecule has 2 N–H and O–H groups in total. The number of carbonyl (C=O) groups is 1. The maximum atomic E-state index is 11.8. The second-order valence-corrected chi connectivity index (χ2v) is 5.98. The van der Waals surface area contributed by atoms with Crippen LogP contribution in [-0.2, 0) is 11.3 Å². The Morgan fingerprint density at radius 1 is 1.40 bits per heavy atom. The zero-order valence-corrected chi connectivity index (χ0v) is 13.3. The van der Waals surface area contributed by atoms with Crippen molar-refractivity contribution in [2.24, 2.45) is 0 Å². The minimum atomic E-state index is -0.0324. The van der Waals surface area contributed by atoms with Crippen LogP contribution in [0.1, 0.15) is 31.2 Å². The van der Waals surface area contributed by atoms with Crippen LogP contribution in [0.15, 0.2) is 22.7 Å². The number of ether oxygens (including phenoxy) is 1. The van der Waals surface area contributed by atoms with Crippen molar-refractivity contribution in [1.29, 1.82) is 0 Å². The molecule has 1 aromatic carbocycles. The van der Waals surface area contributed by atoms with Gasteiger partial charge < -0.3 is 15.4 Å². The standard InChI is InChI=1S/C15H21BrN2O2/c1-17-9-11-8-13(6-7-14(11)16)20-10-15(19)18-12-4-2-3-5-12/h6-8,12,17H,2-5,9-10H2,1H3,(H,18,19). The fourth-order valence-electron chi connectivity index (χ4n) is 2.46. The molecule has 0 aromatic heterocycles. The van der Waals surface area contributed by atoms with E-state index in [1.165, 1.54) is 12.8 Å². The summed E-state index contributed by atoms with van der Waals surface area (Å²) in [5.74, 6) is 0.690. The number of rotatable bonds is 6. The maximum Gasteiger partial charge on any atom is 0.258 e. The van der Waals surface area contributed by atoms with Crippen LogP contribution in [0.5, 0.6) is 5.75 Å². The highest BCUT2D eigenvalue weighted by atomic mass is 79.9. The molecule has 1 aromatic rings. The van der Waals surface area contributed by atoms with Crippen LogP contribution in [0, 0.1) is 0 Å². The zero-order chi connectivity index (χ0) is 14.4. The first-order valence-electron chi connectivity index (χ1n) is 7.04. The molecular weight excluding hydrogens is 320 g/mol. The first kappa shape index (κ1) is 15.3. The Bertz CT molecular complexity index is 459. The number of halogens is 1. The molecule has 0 bridgehead atoms. The number of hydrogen-bond acceptors (Lipinski definition) is 3.